The Labute approximate surface area is 109 Å². The second-order valence-electron chi connectivity index (χ2n) is 4.65. The molecule has 90 valence electrons. The first-order valence-corrected chi connectivity index (χ1v) is 7.47. The van der Waals surface area contributed by atoms with E-state index in [0.29, 0.717) is 22.9 Å². The topological polar surface area (TPSA) is 40.9 Å². The molecule has 4 heteroatoms. The normalized spacial score (nSPS) is 18.4. The number of halogens is 1. The van der Waals surface area contributed by atoms with Gasteiger partial charge in [-0.1, -0.05) is 29.8 Å². The number of nitriles is 1. The van der Waals surface area contributed by atoms with E-state index >= 15 is 0 Å². The van der Waals surface area contributed by atoms with Crippen molar-refractivity contribution in [2.45, 2.75) is 25.0 Å². The van der Waals surface area contributed by atoms with E-state index in [9.17, 15) is 4.21 Å². The van der Waals surface area contributed by atoms with Crippen molar-refractivity contribution in [1.82, 2.24) is 0 Å². The number of hydrogen-bond donors (Lipinski definition) is 0. The lowest BCUT2D eigenvalue weighted by Gasteiger charge is -2.10. The van der Waals surface area contributed by atoms with Gasteiger partial charge >= 0.3 is 0 Å². The second kappa shape index (κ2) is 5.20. The van der Waals surface area contributed by atoms with Crippen LogP contribution in [0.25, 0.3) is 0 Å². The van der Waals surface area contributed by atoms with E-state index in [1.807, 2.05) is 24.3 Å². The third-order valence-corrected chi connectivity index (χ3v) is 5.09. The molecule has 17 heavy (non-hydrogen) atoms. The molecule has 0 heterocycles. The molecule has 1 aliphatic carbocycles. The summed E-state index contributed by atoms with van der Waals surface area (Å²) in [5.41, 5.74) is 0.973. The van der Waals surface area contributed by atoms with Gasteiger partial charge in [0.1, 0.15) is 0 Å². The molecule has 1 aliphatic rings. The molecule has 0 aromatic heterocycles. The van der Waals surface area contributed by atoms with Gasteiger partial charge in [0.05, 0.1) is 11.8 Å². The summed E-state index contributed by atoms with van der Waals surface area (Å²) >= 11 is 6.03. The lowest BCUT2D eigenvalue weighted by atomic mass is 10.1. The standard InChI is InChI=1S/C13H14ClNOS/c14-12-4-2-1-3-11(12)9-17(16)10-13(5-6-13)7-8-15/h1-4H,5-7,9-10H2. The molecule has 1 unspecified atom stereocenters. The molecule has 0 aliphatic heterocycles. The molecule has 2 nitrogen and oxygen atoms in total. The zero-order valence-corrected chi connectivity index (χ0v) is 11.1. The minimum absolute atomic E-state index is 0.0425. The van der Waals surface area contributed by atoms with Crippen LogP contribution in [0.2, 0.25) is 5.02 Å². The van der Waals surface area contributed by atoms with Crippen LogP contribution in [0.3, 0.4) is 0 Å². The van der Waals surface area contributed by atoms with E-state index in [1.54, 1.807) is 0 Å². The number of benzene rings is 1. The van der Waals surface area contributed by atoms with Crippen LogP contribution in [0, 0.1) is 16.7 Å². The van der Waals surface area contributed by atoms with Gasteiger partial charge in [-0.15, -0.1) is 0 Å². The summed E-state index contributed by atoms with van der Waals surface area (Å²) in [5.74, 6) is 1.12. The average molecular weight is 268 g/mol. The number of nitrogens with zero attached hydrogens (tertiary/aromatic N) is 1. The van der Waals surface area contributed by atoms with Crippen LogP contribution in [0.15, 0.2) is 24.3 Å². The molecule has 0 radical (unpaired) electrons. The maximum atomic E-state index is 12.0. The van der Waals surface area contributed by atoms with Gasteiger partial charge in [-0.25, -0.2) is 0 Å². The average Bonchev–Trinajstić information content (AvgIpc) is 3.02. The molecule has 1 aromatic carbocycles. The van der Waals surface area contributed by atoms with Crippen molar-refractivity contribution in [3.8, 4) is 6.07 Å². The fourth-order valence-electron chi connectivity index (χ4n) is 1.90. The predicted molar refractivity (Wildman–Crippen MR) is 70.1 cm³/mol. The smallest absolute Gasteiger partial charge is 0.0627 e. The van der Waals surface area contributed by atoms with E-state index in [-0.39, 0.29) is 5.41 Å². The molecule has 0 N–H and O–H groups in total. The van der Waals surface area contributed by atoms with Gasteiger partial charge in [-0.3, -0.25) is 4.21 Å². The highest BCUT2D eigenvalue weighted by Crippen LogP contribution is 2.49. The summed E-state index contributed by atoms with van der Waals surface area (Å²) < 4.78 is 12.0. The Hall–Kier alpha value is -0.850. The van der Waals surface area contributed by atoms with Crippen LogP contribution < -0.4 is 0 Å². The van der Waals surface area contributed by atoms with Crippen LogP contribution in [-0.4, -0.2) is 9.96 Å². The highest BCUT2D eigenvalue weighted by molar-refractivity contribution is 7.84. The zero-order chi connectivity index (χ0) is 12.3. The molecule has 2 rings (SSSR count). The Kier molecular flexibility index (Phi) is 3.86. The molecule has 0 bridgehead atoms. The van der Waals surface area contributed by atoms with Gasteiger partial charge in [0.15, 0.2) is 0 Å². The van der Waals surface area contributed by atoms with E-state index < -0.39 is 10.8 Å². The van der Waals surface area contributed by atoms with Crippen molar-refractivity contribution in [3.63, 3.8) is 0 Å². The summed E-state index contributed by atoms with van der Waals surface area (Å²) in [6.45, 7) is 0. The van der Waals surface area contributed by atoms with Crippen molar-refractivity contribution >= 4 is 22.4 Å². The summed E-state index contributed by atoms with van der Waals surface area (Å²) in [5, 5.41) is 9.39. The molecule has 1 fully saturated rings. The SMILES string of the molecule is N#CCC1(CS(=O)Cc2ccccc2Cl)CC1. The predicted octanol–water partition coefficient (Wildman–Crippen LogP) is 3.28. The van der Waals surface area contributed by atoms with Crippen LogP contribution in [-0.2, 0) is 16.6 Å². The summed E-state index contributed by atoms with van der Waals surface area (Å²) in [6, 6.07) is 9.68. The second-order valence-corrected chi connectivity index (χ2v) is 6.52. The van der Waals surface area contributed by atoms with Gasteiger partial charge in [-0.05, 0) is 29.9 Å². The Morgan fingerprint density at radius 2 is 2.12 bits per heavy atom. The maximum absolute atomic E-state index is 12.0. The first kappa shape index (κ1) is 12.6. The minimum atomic E-state index is -0.925. The summed E-state index contributed by atoms with van der Waals surface area (Å²) in [4.78, 5) is 0. The van der Waals surface area contributed by atoms with E-state index in [0.717, 1.165) is 18.4 Å². The van der Waals surface area contributed by atoms with Gasteiger partial charge in [-0.2, -0.15) is 5.26 Å². The lowest BCUT2D eigenvalue weighted by molar-refractivity contribution is 0.587. The van der Waals surface area contributed by atoms with Gasteiger partial charge < -0.3 is 0 Å². The minimum Gasteiger partial charge on any atom is -0.259 e. The Bertz CT molecular complexity index is 477. The van der Waals surface area contributed by atoms with Gasteiger partial charge in [0.2, 0.25) is 0 Å². The fourth-order valence-corrected chi connectivity index (χ4v) is 3.95. The Balaban J connectivity index is 1.95. The van der Waals surface area contributed by atoms with E-state index in [2.05, 4.69) is 6.07 Å². The zero-order valence-electron chi connectivity index (χ0n) is 9.49. The third-order valence-electron chi connectivity index (χ3n) is 3.15. The molecular formula is C13H14ClNOS. The molecule has 0 spiro atoms. The van der Waals surface area contributed by atoms with Crippen LogP contribution in [0.1, 0.15) is 24.8 Å². The molecule has 1 aromatic rings. The first-order chi connectivity index (χ1) is 8.15. The molecule has 1 atom stereocenters. The maximum Gasteiger partial charge on any atom is 0.0627 e. The molecular weight excluding hydrogens is 254 g/mol. The monoisotopic (exact) mass is 267 g/mol. The van der Waals surface area contributed by atoms with Crippen LogP contribution in [0.4, 0.5) is 0 Å². The molecule has 0 saturated heterocycles. The third kappa shape index (κ3) is 3.31. The van der Waals surface area contributed by atoms with Crippen LogP contribution in [0.5, 0.6) is 0 Å². The highest BCUT2D eigenvalue weighted by Gasteiger charge is 2.43. The van der Waals surface area contributed by atoms with Crippen molar-refractivity contribution < 1.29 is 4.21 Å². The van der Waals surface area contributed by atoms with E-state index in [4.69, 9.17) is 16.9 Å². The summed E-state index contributed by atoms with van der Waals surface area (Å²) in [6.07, 6.45) is 2.60. The Morgan fingerprint density at radius 3 is 2.71 bits per heavy atom. The van der Waals surface area contributed by atoms with E-state index in [1.165, 1.54) is 0 Å². The summed E-state index contributed by atoms with van der Waals surface area (Å²) in [7, 11) is -0.925. The lowest BCUT2D eigenvalue weighted by Crippen LogP contribution is -2.13. The van der Waals surface area contributed by atoms with Crippen molar-refractivity contribution in [2.75, 3.05) is 5.75 Å². The van der Waals surface area contributed by atoms with Crippen molar-refractivity contribution in [1.29, 1.82) is 5.26 Å². The molecule has 1 saturated carbocycles. The van der Waals surface area contributed by atoms with Crippen molar-refractivity contribution in [2.24, 2.45) is 5.41 Å². The Morgan fingerprint density at radius 1 is 1.41 bits per heavy atom. The number of rotatable bonds is 5. The quantitative estimate of drug-likeness (QED) is 0.821. The first-order valence-electron chi connectivity index (χ1n) is 5.61. The van der Waals surface area contributed by atoms with Crippen molar-refractivity contribution in [3.05, 3.63) is 34.9 Å². The largest absolute Gasteiger partial charge is 0.259 e. The fraction of sp³-hybridized carbons (Fsp3) is 0.462. The van der Waals surface area contributed by atoms with Gasteiger partial charge in [0.25, 0.3) is 0 Å². The van der Waals surface area contributed by atoms with Crippen LogP contribution >= 0.6 is 11.6 Å². The van der Waals surface area contributed by atoms with Gasteiger partial charge in [0, 0.05) is 28.0 Å². The highest BCUT2D eigenvalue weighted by atomic mass is 35.5. The number of hydrogen-bond acceptors (Lipinski definition) is 2. The molecule has 0 amide bonds.